The van der Waals surface area contributed by atoms with Crippen molar-refractivity contribution in [2.24, 2.45) is 0 Å². The average Bonchev–Trinajstić information content (AvgIpc) is 2.45. The zero-order valence-electron chi connectivity index (χ0n) is 9.29. The minimum absolute atomic E-state index is 0.0205. The molecule has 94 valence electrons. The maximum Gasteiger partial charge on any atom is 0.391 e. The summed E-state index contributed by atoms with van der Waals surface area (Å²) < 4.78 is 41.1. The van der Waals surface area contributed by atoms with Crippen LogP contribution in [0.15, 0.2) is 0 Å². The first kappa shape index (κ1) is 13.7. The van der Waals surface area contributed by atoms with E-state index in [0.717, 1.165) is 0 Å². The maximum absolute atomic E-state index is 13.3. The smallest absolute Gasteiger partial charge is 0.391 e. The monoisotopic (exact) mass is 256 g/mol. The Balaban J connectivity index is 2.50. The second kappa shape index (κ2) is 4.85. The number of carbonyl (C=O) groups excluding carboxylic acids is 1. The van der Waals surface area contributed by atoms with Crippen molar-refractivity contribution >= 4 is 17.7 Å². The molecule has 0 amide bonds. The lowest BCUT2D eigenvalue weighted by atomic mass is 10.4. The summed E-state index contributed by atoms with van der Waals surface area (Å²) in [5.41, 5.74) is -0.866. The number of carbonyl (C=O) groups is 1. The molecule has 1 atom stereocenters. The van der Waals surface area contributed by atoms with Crippen LogP contribution in [0.25, 0.3) is 0 Å². The van der Waals surface area contributed by atoms with Crippen LogP contribution in [-0.4, -0.2) is 35.7 Å². The Kier molecular flexibility index (Phi) is 4.14. The van der Waals surface area contributed by atoms with Crippen molar-refractivity contribution < 1.29 is 27.8 Å². The van der Waals surface area contributed by atoms with Gasteiger partial charge in [0.2, 0.25) is 0 Å². The largest absolute Gasteiger partial charge is 0.461 e. The molecule has 0 aromatic heterocycles. The summed E-state index contributed by atoms with van der Waals surface area (Å²) in [6, 6.07) is 0. The molecule has 1 heterocycles. The van der Waals surface area contributed by atoms with Crippen molar-refractivity contribution in [3.8, 4) is 0 Å². The molecule has 1 saturated heterocycles. The van der Waals surface area contributed by atoms with E-state index in [1.54, 1.807) is 13.8 Å². The first-order valence-corrected chi connectivity index (χ1v) is 5.69. The number of esters is 1. The van der Waals surface area contributed by atoms with E-state index >= 15 is 0 Å². The van der Waals surface area contributed by atoms with Gasteiger partial charge in [0.05, 0.1) is 13.2 Å². The van der Waals surface area contributed by atoms with Crippen molar-refractivity contribution in [3.63, 3.8) is 0 Å². The van der Waals surface area contributed by atoms with E-state index in [2.05, 4.69) is 4.74 Å². The van der Waals surface area contributed by atoms with Gasteiger partial charge in [-0.15, -0.1) is 0 Å². The summed E-state index contributed by atoms with van der Waals surface area (Å²) >= 11 is 0.105. The molecular formula is C9H14F2O4S. The summed E-state index contributed by atoms with van der Waals surface area (Å²) in [5.74, 6) is -2.43. The second-order valence-corrected chi connectivity index (χ2v) is 4.89. The molecule has 1 fully saturated rings. The van der Waals surface area contributed by atoms with E-state index in [1.807, 2.05) is 0 Å². The first-order chi connectivity index (χ1) is 7.27. The van der Waals surface area contributed by atoms with Crippen molar-refractivity contribution in [2.45, 2.75) is 37.2 Å². The van der Waals surface area contributed by atoms with Crippen LogP contribution in [0.4, 0.5) is 8.78 Å². The molecule has 0 aromatic rings. The quantitative estimate of drug-likeness (QED) is 0.720. The molecule has 0 aromatic carbocycles. The lowest BCUT2D eigenvalue weighted by molar-refractivity contribution is -0.160. The highest BCUT2D eigenvalue weighted by Crippen LogP contribution is 2.39. The maximum atomic E-state index is 13.3. The van der Waals surface area contributed by atoms with Gasteiger partial charge >= 0.3 is 11.2 Å². The highest BCUT2D eigenvalue weighted by molar-refractivity contribution is 8.01. The van der Waals surface area contributed by atoms with Crippen molar-refractivity contribution in [3.05, 3.63) is 0 Å². The number of rotatable bonds is 4. The molecular weight excluding hydrogens is 242 g/mol. The number of halogens is 2. The molecule has 1 aliphatic heterocycles. The molecule has 7 heteroatoms. The van der Waals surface area contributed by atoms with E-state index in [1.165, 1.54) is 6.92 Å². The van der Waals surface area contributed by atoms with Gasteiger partial charge in [-0.05, 0) is 32.5 Å². The molecule has 0 radical (unpaired) electrons. The number of ether oxygens (including phenoxy) is 3. The fourth-order valence-corrected chi connectivity index (χ4v) is 2.04. The Labute approximate surface area is 96.6 Å². The van der Waals surface area contributed by atoms with Gasteiger partial charge < -0.3 is 14.2 Å². The van der Waals surface area contributed by atoms with E-state index in [4.69, 9.17) is 9.47 Å². The van der Waals surface area contributed by atoms with Crippen molar-refractivity contribution in [1.29, 1.82) is 0 Å². The van der Waals surface area contributed by atoms with Crippen LogP contribution >= 0.6 is 11.8 Å². The van der Waals surface area contributed by atoms with E-state index in [-0.39, 0.29) is 25.0 Å². The van der Waals surface area contributed by atoms with Gasteiger partial charge in [0.1, 0.15) is 5.44 Å². The normalized spacial score (nSPS) is 24.4. The van der Waals surface area contributed by atoms with Crippen LogP contribution in [0.1, 0.15) is 20.8 Å². The standard InChI is InChI=1S/C9H14F2O4S/c1-4-13-7(12)9(10,11)16-6-5-14-8(2,3)15-6/h6H,4-5H2,1-3H3/t6-/m0/s1. The Bertz CT molecular complexity index is 270. The third kappa shape index (κ3) is 3.57. The van der Waals surface area contributed by atoms with Gasteiger partial charge in [0.15, 0.2) is 5.79 Å². The predicted molar refractivity (Wildman–Crippen MR) is 54.1 cm³/mol. The summed E-state index contributed by atoms with van der Waals surface area (Å²) in [6.07, 6.45) is 0. The summed E-state index contributed by atoms with van der Waals surface area (Å²) in [6.45, 7) is 4.65. The van der Waals surface area contributed by atoms with E-state index in [0.29, 0.717) is 0 Å². The van der Waals surface area contributed by atoms with Gasteiger partial charge in [-0.25, -0.2) is 4.79 Å². The number of alkyl halides is 2. The first-order valence-electron chi connectivity index (χ1n) is 4.81. The van der Waals surface area contributed by atoms with Crippen LogP contribution in [0.3, 0.4) is 0 Å². The van der Waals surface area contributed by atoms with Crippen molar-refractivity contribution in [1.82, 2.24) is 0 Å². The molecule has 1 aliphatic rings. The summed E-state index contributed by atoms with van der Waals surface area (Å²) in [4.78, 5) is 10.9. The molecule has 0 unspecified atom stereocenters. The van der Waals surface area contributed by atoms with E-state index in [9.17, 15) is 13.6 Å². The van der Waals surface area contributed by atoms with E-state index < -0.39 is 22.4 Å². The lowest BCUT2D eigenvalue weighted by Gasteiger charge is -2.19. The highest BCUT2D eigenvalue weighted by atomic mass is 32.2. The third-order valence-corrected chi connectivity index (χ3v) is 2.73. The second-order valence-electron chi connectivity index (χ2n) is 3.61. The Morgan fingerprint density at radius 1 is 1.62 bits per heavy atom. The van der Waals surface area contributed by atoms with Gasteiger partial charge in [0.25, 0.3) is 0 Å². The van der Waals surface area contributed by atoms with Crippen LogP contribution in [0, 0.1) is 0 Å². The predicted octanol–water partition coefficient (Wildman–Crippen LogP) is 1.98. The van der Waals surface area contributed by atoms with Gasteiger partial charge in [-0.3, -0.25) is 0 Å². The van der Waals surface area contributed by atoms with Gasteiger partial charge in [0, 0.05) is 0 Å². The van der Waals surface area contributed by atoms with Crippen LogP contribution < -0.4 is 0 Å². The Morgan fingerprint density at radius 3 is 2.69 bits per heavy atom. The number of hydrogen-bond acceptors (Lipinski definition) is 5. The van der Waals surface area contributed by atoms with Gasteiger partial charge in [-0.1, -0.05) is 0 Å². The molecule has 16 heavy (non-hydrogen) atoms. The molecule has 0 aliphatic carbocycles. The van der Waals surface area contributed by atoms with Crippen LogP contribution in [0.5, 0.6) is 0 Å². The summed E-state index contributed by atoms with van der Waals surface area (Å²) in [5, 5.41) is -3.61. The van der Waals surface area contributed by atoms with Crippen LogP contribution in [0.2, 0.25) is 0 Å². The number of thioether (sulfide) groups is 1. The van der Waals surface area contributed by atoms with Crippen molar-refractivity contribution in [2.75, 3.05) is 13.2 Å². The summed E-state index contributed by atoms with van der Waals surface area (Å²) in [7, 11) is 0. The Hall–Kier alpha value is -0.400. The fraction of sp³-hybridized carbons (Fsp3) is 0.889. The van der Waals surface area contributed by atoms with Crippen LogP contribution in [-0.2, 0) is 19.0 Å². The fourth-order valence-electron chi connectivity index (χ4n) is 1.14. The Morgan fingerprint density at radius 2 is 2.25 bits per heavy atom. The molecule has 0 bridgehead atoms. The number of hydrogen-bond donors (Lipinski definition) is 0. The van der Waals surface area contributed by atoms with Gasteiger partial charge in [-0.2, -0.15) is 8.78 Å². The molecule has 0 N–H and O–H groups in total. The SMILES string of the molecule is CCOC(=O)C(F)(F)S[C@H]1COC(C)(C)O1. The highest BCUT2D eigenvalue weighted by Gasteiger charge is 2.47. The lowest BCUT2D eigenvalue weighted by Crippen LogP contribution is -2.31. The minimum Gasteiger partial charge on any atom is -0.461 e. The minimum atomic E-state index is -3.61. The molecule has 0 saturated carbocycles. The topological polar surface area (TPSA) is 44.8 Å². The zero-order valence-corrected chi connectivity index (χ0v) is 10.1. The zero-order chi connectivity index (χ0) is 12.4. The average molecular weight is 256 g/mol. The third-order valence-electron chi connectivity index (χ3n) is 1.77. The molecule has 1 rings (SSSR count). The molecule has 0 spiro atoms. The molecule has 4 nitrogen and oxygen atoms in total.